The number of ether oxygens (including phenoxy) is 1. The van der Waals surface area contributed by atoms with Crippen molar-refractivity contribution in [2.45, 2.75) is 32.0 Å². The quantitative estimate of drug-likeness (QED) is 0.611. The zero-order valence-electron chi connectivity index (χ0n) is 11.6. The highest BCUT2D eigenvalue weighted by Crippen LogP contribution is 2.03. The average molecular weight is 331 g/mol. The van der Waals surface area contributed by atoms with E-state index in [1.807, 2.05) is 0 Å². The number of nitrogens with one attached hydrogen (secondary N) is 1. The molecule has 8 heteroatoms. The maximum atomic E-state index is 9.82. The van der Waals surface area contributed by atoms with Gasteiger partial charge in [-0.05, 0) is 20.0 Å². The topological polar surface area (TPSA) is 90.1 Å². The van der Waals surface area contributed by atoms with Gasteiger partial charge in [0.15, 0.2) is 4.30 Å². The molecule has 0 aromatic heterocycles. The lowest BCUT2D eigenvalue weighted by atomic mass is 10.7. The van der Waals surface area contributed by atoms with Crippen LogP contribution in [0.4, 0.5) is 0 Å². The smallest absolute Gasteiger partial charge is 0.302 e. The first-order valence-electron chi connectivity index (χ1n) is 5.13. The summed E-state index contributed by atoms with van der Waals surface area (Å²) in [5.41, 5.74) is 0. The predicted octanol–water partition coefficient (Wildman–Crippen LogP) is 1.96. The lowest BCUT2D eigenvalue weighted by Crippen LogP contribution is -2.09. The SMILES string of the molecule is CCNCC.CCOC(C)=O.CO.ClC(Cl)Cl.O. The number of hydrogen-bond donors (Lipinski definition) is 2. The first kappa shape index (κ1) is 30.9. The van der Waals surface area contributed by atoms with Gasteiger partial charge >= 0.3 is 5.97 Å². The zero-order valence-corrected chi connectivity index (χ0v) is 13.9. The lowest BCUT2D eigenvalue weighted by Gasteiger charge is -1.89. The number of aliphatic hydroxyl groups is 1. The monoisotopic (exact) mass is 329 g/mol. The van der Waals surface area contributed by atoms with Gasteiger partial charge in [0.1, 0.15) is 0 Å². The van der Waals surface area contributed by atoms with Gasteiger partial charge in [-0.15, -0.1) is 0 Å². The minimum Gasteiger partial charge on any atom is -0.466 e. The number of carbonyl (C=O) groups excluding carboxylic acids is 1. The largest absolute Gasteiger partial charge is 0.466 e. The van der Waals surface area contributed by atoms with E-state index >= 15 is 0 Å². The summed E-state index contributed by atoms with van der Waals surface area (Å²) in [5, 5.41) is 10.1. The summed E-state index contributed by atoms with van der Waals surface area (Å²) >= 11 is 14.4. The number of hydrogen-bond acceptors (Lipinski definition) is 4. The fourth-order valence-corrected chi connectivity index (χ4v) is 0.453. The van der Waals surface area contributed by atoms with E-state index in [4.69, 9.17) is 39.9 Å². The standard InChI is InChI=1S/C4H11N.C4H8O2.CHCl3.CH4O.H2O/c1-3-5-4-2;1-3-6-4(2)5;2-1(3)4;1-2;/h5H,3-4H2,1-2H3;3H2,1-2H3;1H;2H,1H3;1H2. The molecule has 0 atom stereocenters. The molecule has 0 fully saturated rings. The summed E-state index contributed by atoms with van der Waals surface area (Å²) in [7, 11) is 1.00. The summed E-state index contributed by atoms with van der Waals surface area (Å²) in [4.78, 5) is 9.82. The Hall–Kier alpha value is 0.220. The molecule has 0 heterocycles. The molecule has 0 saturated carbocycles. The summed E-state index contributed by atoms with van der Waals surface area (Å²) in [5.74, 6) is -0.211. The lowest BCUT2D eigenvalue weighted by molar-refractivity contribution is -0.140. The molecule has 18 heavy (non-hydrogen) atoms. The van der Waals surface area contributed by atoms with Crippen LogP contribution in [0.1, 0.15) is 27.7 Å². The second-order valence-electron chi connectivity index (χ2n) is 2.13. The van der Waals surface area contributed by atoms with E-state index in [1.165, 1.54) is 6.92 Å². The number of alkyl halides is 3. The van der Waals surface area contributed by atoms with Crippen LogP contribution in [0.3, 0.4) is 0 Å². The molecule has 0 amide bonds. The van der Waals surface area contributed by atoms with Crippen LogP contribution in [0.2, 0.25) is 0 Å². The third-order valence-corrected chi connectivity index (χ3v) is 0.848. The van der Waals surface area contributed by atoms with E-state index in [2.05, 4.69) is 23.9 Å². The van der Waals surface area contributed by atoms with Gasteiger partial charge in [0.05, 0.1) is 6.61 Å². The Morgan fingerprint density at radius 3 is 1.44 bits per heavy atom. The van der Waals surface area contributed by atoms with Crippen molar-refractivity contribution < 1.29 is 20.1 Å². The molecule has 0 aromatic rings. The van der Waals surface area contributed by atoms with Crippen LogP contribution in [-0.2, 0) is 9.53 Å². The highest BCUT2D eigenvalue weighted by atomic mass is 35.6. The Morgan fingerprint density at radius 2 is 1.44 bits per heavy atom. The van der Waals surface area contributed by atoms with Crippen molar-refractivity contribution in [2.24, 2.45) is 0 Å². The Bertz CT molecular complexity index is 125. The Labute approximate surface area is 125 Å². The molecule has 116 valence electrons. The normalized spacial score (nSPS) is 7.22. The first-order valence-corrected chi connectivity index (χ1v) is 6.44. The summed E-state index contributed by atoms with van der Waals surface area (Å²) in [6, 6.07) is 0. The van der Waals surface area contributed by atoms with E-state index < -0.39 is 4.30 Å². The average Bonchev–Trinajstić information content (AvgIpc) is 2.21. The molecule has 4 N–H and O–H groups in total. The first-order chi connectivity index (χ1) is 7.92. The van der Waals surface area contributed by atoms with Gasteiger partial charge in [-0.3, -0.25) is 4.79 Å². The van der Waals surface area contributed by atoms with Crippen molar-refractivity contribution in [3.05, 3.63) is 0 Å². The van der Waals surface area contributed by atoms with Crippen LogP contribution in [0.15, 0.2) is 0 Å². The van der Waals surface area contributed by atoms with Crippen molar-refractivity contribution in [3.63, 3.8) is 0 Å². The van der Waals surface area contributed by atoms with Crippen LogP contribution in [-0.4, -0.2) is 47.7 Å². The van der Waals surface area contributed by atoms with Gasteiger partial charge < -0.3 is 20.6 Å². The fraction of sp³-hybridized carbons (Fsp3) is 0.900. The van der Waals surface area contributed by atoms with Crippen molar-refractivity contribution in [1.82, 2.24) is 5.32 Å². The molecule has 0 aromatic carbocycles. The predicted molar refractivity (Wildman–Crippen MR) is 79.6 cm³/mol. The molecular weight excluding hydrogens is 304 g/mol. The van der Waals surface area contributed by atoms with Gasteiger partial charge in [-0.1, -0.05) is 48.7 Å². The van der Waals surface area contributed by atoms with Crippen LogP contribution in [0, 0.1) is 0 Å². The molecule has 0 saturated heterocycles. The van der Waals surface area contributed by atoms with Crippen molar-refractivity contribution in [3.8, 4) is 0 Å². The molecule has 0 aliphatic carbocycles. The molecule has 0 aliphatic rings. The fourth-order valence-electron chi connectivity index (χ4n) is 0.453. The minimum absolute atomic E-state index is 0. The molecule has 0 aliphatic heterocycles. The van der Waals surface area contributed by atoms with Crippen molar-refractivity contribution in [1.29, 1.82) is 0 Å². The van der Waals surface area contributed by atoms with Crippen molar-refractivity contribution >= 4 is 40.8 Å². The molecule has 0 unspecified atom stereocenters. The maximum Gasteiger partial charge on any atom is 0.302 e. The van der Waals surface area contributed by atoms with Crippen LogP contribution in [0.25, 0.3) is 0 Å². The van der Waals surface area contributed by atoms with Gasteiger partial charge in [0.25, 0.3) is 0 Å². The Balaban J connectivity index is -0.0000000434. The molecule has 0 rings (SSSR count). The van der Waals surface area contributed by atoms with Gasteiger partial charge in [-0.25, -0.2) is 0 Å². The van der Waals surface area contributed by atoms with E-state index in [0.29, 0.717) is 6.61 Å². The highest BCUT2D eigenvalue weighted by Gasteiger charge is 1.81. The number of aliphatic hydroxyl groups excluding tert-OH is 1. The third-order valence-electron chi connectivity index (χ3n) is 0.848. The van der Waals surface area contributed by atoms with Gasteiger partial charge in [0, 0.05) is 14.0 Å². The van der Waals surface area contributed by atoms with Gasteiger partial charge in [0.2, 0.25) is 0 Å². The van der Waals surface area contributed by atoms with Crippen molar-refractivity contribution in [2.75, 3.05) is 26.8 Å². The number of halogens is 3. The van der Waals surface area contributed by atoms with Gasteiger partial charge in [-0.2, -0.15) is 0 Å². The second-order valence-corrected chi connectivity index (χ2v) is 4.11. The van der Waals surface area contributed by atoms with Crippen LogP contribution >= 0.6 is 34.8 Å². The number of carbonyl (C=O) groups is 1. The number of esters is 1. The Kier molecular flexibility index (Phi) is 61.8. The Morgan fingerprint density at radius 1 is 1.17 bits per heavy atom. The molecule has 0 spiro atoms. The summed E-state index contributed by atoms with van der Waals surface area (Å²) in [6.07, 6.45) is 0. The summed E-state index contributed by atoms with van der Waals surface area (Å²) in [6.45, 7) is 10.0. The van der Waals surface area contributed by atoms with E-state index in [1.54, 1.807) is 6.92 Å². The van der Waals surface area contributed by atoms with E-state index in [0.717, 1.165) is 20.2 Å². The number of rotatable bonds is 3. The molecule has 5 nitrogen and oxygen atoms in total. The zero-order chi connectivity index (χ0) is 14.7. The maximum absolute atomic E-state index is 9.82. The second kappa shape index (κ2) is 36.0. The molecular formula is C10H26Cl3NO4. The highest BCUT2D eigenvalue weighted by molar-refractivity contribution is 6.63. The van der Waals surface area contributed by atoms with Crippen LogP contribution < -0.4 is 5.32 Å². The third kappa shape index (κ3) is 138. The van der Waals surface area contributed by atoms with E-state index in [-0.39, 0.29) is 11.4 Å². The minimum atomic E-state index is -0.750. The van der Waals surface area contributed by atoms with Crippen LogP contribution in [0.5, 0.6) is 0 Å². The molecule has 0 bridgehead atoms. The van der Waals surface area contributed by atoms with E-state index in [9.17, 15) is 4.79 Å². The molecule has 0 radical (unpaired) electrons. The summed E-state index contributed by atoms with van der Waals surface area (Å²) < 4.78 is 3.65.